The molecular formula is C15H17N3OS. The van der Waals surface area contributed by atoms with E-state index in [2.05, 4.69) is 23.2 Å². The SMILES string of the molecule is Cc1ccc2c(c1)N(C(=O)c1csc(CN)n1)CCC2. The van der Waals surface area contributed by atoms with Crippen LogP contribution in [0.2, 0.25) is 0 Å². The zero-order chi connectivity index (χ0) is 14.1. The van der Waals surface area contributed by atoms with Crippen molar-refractivity contribution in [2.45, 2.75) is 26.3 Å². The lowest BCUT2D eigenvalue weighted by Crippen LogP contribution is -2.35. The standard InChI is InChI=1S/C15H17N3OS/c1-10-4-5-11-3-2-6-18(13(11)7-10)15(19)12-9-20-14(8-16)17-12/h4-5,7,9H,2-3,6,8,16H2,1H3. The van der Waals surface area contributed by atoms with Crippen molar-refractivity contribution in [1.29, 1.82) is 0 Å². The van der Waals surface area contributed by atoms with Crippen molar-refractivity contribution in [2.24, 2.45) is 5.73 Å². The molecule has 1 amide bonds. The van der Waals surface area contributed by atoms with Gasteiger partial charge in [-0.05, 0) is 37.0 Å². The summed E-state index contributed by atoms with van der Waals surface area (Å²) in [5.74, 6) is -0.0208. The van der Waals surface area contributed by atoms with Gasteiger partial charge in [0.1, 0.15) is 10.7 Å². The molecule has 0 unspecified atom stereocenters. The number of hydrogen-bond donors (Lipinski definition) is 1. The third-order valence-electron chi connectivity index (χ3n) is 3.55. The predicted molar refractivity (Wildman–Crippen MR) is 81.2 cm³/mol. The molecule has 2 heterocycles. The Kier molecular flexibility index (Phi) is 3.54. The summed E-state index contributed by atoms with van der Waals surface area (Å²) in [6, 6.07) is 6.31. The number of nitrogens with zero attached hydrogens (tertiary/aromatic N) is 2. The first-order valence-corrected chi connectivity index (χ1v) is 7.63. The molecule has 0 radical (unpaired) electrons. The molecule has 1 aliphatic heterocycles. The van der Waals surface area contributed by atoms with Gasteiger partial charge in [0.25, 0.3) is 5.91 Å². The Balaban J connectivity index is 1.95. The summed E-state index contributed by atoms with van der Waals surface area (Å²) in [6.07, 6.45) is 2.03. The van der Waals surface area contributed by atoms with Crippen molar-refractivity contribution in [3.63, 3.8) is 0 Å². The summed E-state index contributed by atoms with van der Waals surface area (Å²) in [4.78, 5) is 18.8. The highest BCUT2D eigenvalue weighted by molar-refractivity contribution is 7.09. The smallest absolute Gasteiger partial charge is 0.277 e. The maximum Gasteiger partial charge on any atom is 0.277 e. The Morgan fingerprint density at radius 3 is 3.10 bits per heavy atom. The first kappa shape index (κ1) is 13.3. The van der Waals surface area contributed by atoms with E-state index in [0.717, 1.165) is 30.1 Å². The summed E-state index contributed by atoms with van der Waals surface area (Å²) in [5.41, 5.74) is 9.51. The average Bonchev–Trinajstić information content (AvgIpc) is 2.94. The number of hydrogen-bond acceptors (Lipinski definition) is 4. The van der Waals surface area contributed by atoms with Crippen molar-refractivity contribution in [2.75, 3.05) is 11.4 Å². The quantitative estimate of drug-likeness (QED) is 0.923. The molecule has 2 N–H and O–H groups in total. The van der Waals surface area contributed by atoms with Crippen LogP contribution in [0.1, 0.15) is 33.0 Å². The van der Waals surface area contributed by atoms with Gasteiger partial charge in [-0.15, -0.1) is 11.3 Å². The van der Waals surface area contributed by atoms with E-state index in [9.17, 15) is 4.79 Å². The topological polar surface area (TPSA) is 59.2 Å². The van der Waals surface area contributed by atoms with E-state index in [1.165, 1.54) is 22.5 Å². The van der Waals surface area contributed by atoms with Crippen molar-refractivity contribution < 1.29 is 4.79 Å². The van der Waals surface area contributed by atoms with Gasteiger partial charge in [-0.1, -0.05) is 12.1 Å². The lowest BCUT2D eigenvalue weighted by Gasteiger charge is -2.29. The number of fused-ring (bicyclic) bond motifs is 1. The Morgan fingerprint density at radius 2 is 2.35 bits per heavy atom. The van der Waals surface area contributed by atoms with Gasteiger partial charge < -0.3 is 10.6 Å². The van der Waals surface area contributed by atoms with Gasteiger partial charge in [0.15, 0.2) is 0 Å². The van der Waals surface area contributed by atoms with E-state index in [1.807, 2.05) is 11.8 Å². The Morgan fingerprint density at radius 1 is 1.50 bits per heavy atom. The van der Waals surface area contributed by atoms with Crippen LogP contribution in [0.3, 0.4) is 0 Å². The fraction of sp³-hybridized carbons (Fsp3) is 0.333. The number of benzene rings is 1. The number of rotatable bonds is 2. The maximum absolute atomic E-state index is 12.6. The molecule has 1 aromatic carbocycles. The van der Waals surface area contributed by atoms with Crippen molar-refractivity contribution in [3.05, 3.63) is 45.4 Å². The van der Waals surface area contributed by atoms with Gasteiger partial charge in [0.05, 0.1) is 0 Å². The number of thiazole rings is 1. The first-order valence-electron chi connectivity index (χ1n) is 6.75. The monoisotopic (exact) mass is 287 g/mol. The highest BCUT2D eigenvalue weighted by Crippen LogP contribution is 2.29. The van der Waals surface area contributed by atoms with E-state index in [-0.39, 0.29) is 5.91 Å². The van der Waals surface area contributed by atoms with Crippen LogP contribution in [0.15, 0.2) is 23.6 Å². The lowest BCUT2D eigenvalue weighted by molar-refractivity contribution is 0.0981. The summed E-state index contributed by atoms with van der Waals surface area (Å²) in [5, 5.41) is 2.60. The van der Waals surface area contributed by atoms with Gasteiger partial charge in [-0.2, -0.15) is 0 Å². The minimum absolute atomic E-state index is 0.0208. The van der Waals surface area contributed by atoms with E-state index in [1.54, 1.807) is 5.38 Å². The third kappa shape index (κ3) is 2.34. The van der Waals surface area contributed by atoms with Crippen LogP contribution in [-0.4, -0.2) is 17.4 Å². The van der Waals surface area contributed by atoms with Gasteiger partial charge >= 0.3 is 0 Å². The van der Waals surface area contributed by atoms with Gasteiger partial charge in [-0.3, -0.25) is 4.79 Å². The Labute approximate surface area is 122 Å². The zero-order valence-electron chi connectivity index (χ0n) is 11.4. The molecule has 0 aliphatic carbocycles. The second-order valence-corrected chi connectivity index (χ2v) is 5.97. The normalized spacial score (nSPS) is 14.2. The Hall–Kier alpha value is -1.72. The minimum atomic E-state index is -0.0208. The van der Waals surface area contributed by atoms with Crippen LogP contribution in [0, 0.1) is 6.92 Å². The fourth-order valence-electron chi connectivity index (χ4n) is 2.54. The van der Waals surface area contributed by atoms with Crippen molar-refractivity contribution in [3.8, 4) is 0 Å². The summed E-state index contributed by atoms with van der Waals surface area (Å²) < 4.78 is 0. The second kappa shape index (κ2) is 5.34. The number of carbonyl (C=O) groups is 1. The van der Waals surface area contributed by atoms with E-state index in [4.69, 9.17) is 5.73 Å². The van der Waals surface area contributed by atoms with Crippen molar-refractivity contribution in [1.82, 2.24) is 4.98 Å². The van der Waals surface area contributed by atoms with Crippen LogP contribution >= 0.6 is 11.3 Å². The van der Waals surface area contributed by atoms with Crippen LogP contribution in [0.5, 0.6) is 0 Å². The van der Waals surface area contributed by atoms with E-state index in [0.29, 0.717) is 12.2 Å². The number of nitrogens with two attached hydrogens (primary N) is 1. The highest BCUT2D eigenvalue weighted by atomic mass is 32.1. The third-order valence-corrected chi connectivity index (χ3v) is 4.42. The number of aryl methyl sites for hydroxylation is 2. The molecule has 1 aliphatic rings. The molecular weight excluding hydrogens is 270 g/mol. The Bertz CT molecular complexity index is 650. The van der Waals surface area contributed by atoms with Crippen LogP contribution in [0.4, 0.5) is 5.69 Å². The molecule has 1 aromatic heterocycles. The molecule has 0 spiro atoms. The zero-order valence-corrected chi connectivity index (χ0v) is 12.2. The molecule has 104 valence electrons. The average molecular weight is 287 g/mol. The molecule has 20 heavy (non-hydrogen) atoms. The maximum atomic E-state index is 12.6. The number of amides is 1. The van der Waals surface area contributed by atoms with E-state index < -0.39 is 0 Å². The number of aromatic nitrogens is 1. The largest absolute Gasteiger partial charge is 0.325 e. The van der Waals surface area contributed by atoms with Crippen LogP contribution < -0.4 is 10.6 Å². The van der Waals surface area contributed by atoms with Gasteiger partial charge in [-0.25, -0.2) is 4.98 Å². The van der Waals surface area contributed by atoms with Gasteiger partial charge in [0.2, 0.25) is 0 Å². The number of carbonyl (C=O) groups excluding carboxylic acids is 1. The molecule has 0 bridgehead atoms. The predicted octanol–water partition coefficient (Wildman–Crippen LogP) is 2.50. The summed E-state index contributed by atoms with van der Waals surface area (Å²) in [7, 11) is 0. The lowest BCUT2D eigenvalue weighted by atomic mass is 9.99. The molecule has 0 atom stereocenters. The second-order valence-electron chi connectivity index (χ2n) is 5.02. The van der Waals surface area contributed by atoms with Gasteiger partial charge in [0, 0.05) is 24.2 Å². The summed E-state index contributed by atoms with van der Waals surface area (Å²) in [6.45, 7) is 3.19. The first-order chi connectivity index (χ1) is 9.69. The molecule has 0 saturated carbocycles. The highest BCUT2D eigenvalue weighted by Gasteiger charge is 2.25. The molecule has 3 rings (SSSR count). The molecule has 0 saturated heterocycles. The fourth-order valence-corrected chi connectivity index (χ4v) is 3.19. The van der Waals surface area contributed by atoms with Crippen molar-refractivity contribution >= 4 is 22.9 Å². The van der Waals surface area contributed by atoms with Crippen LogP contribution in [-0.2, 0) is 13.0 Å². The summed E-state index contributed by atoms with van der Waals surface area (Å²) >= 11 is 1.44. The minimum Gasteiger partial charge on any atom is -0.325 e. The molecule has 4 nitrogen and oxygen atoms in total. The molecule has 5 heteroatoms. The molecule has 2 aromatic rings. The van der Waals surface area contributed by atoms with E-state index >= 15 is 0 Å². The number of anilines is 1. The molecule has 0 fully saturated rings. The van der Waals surface area contributed by atoms with Crippen LogP contribution in [0.25, 0.3) is 0 Å².